The van der Waals surface area contributed by atoms with Crippen LogP contribution in [-0.2, 0) is 9.53 Å². The molecular weight excluding hydrogens is 248 g/mol. The Morgan fingerprint density at radius 1 is 1.32 bits per heavy atom. The van der Waals surface area contributed by atoms with E-state index in [4.69, 9.17) is 9.84 Å². The number of ether oxygens (including phenoxy) is 1. The molecule has 0 aliphatic carbocycles. The molecular formula is C13H24N2O4. The molecule has 1 saturated heterocycles. The molecule has 1 rings (SSSR count). The molecule has 2 amide bonds. The lowest BCUT2D eigenvalue weighted by Crippen LogP contribution is -2.52. The molecule has 0 saturated carbocycles. The van der Waals surface area contributed by atoms with Crippen molar-refractivity contribution in [2.75, 3.05) is 19.8 Å². The summed E-state index contributed by atoms with van der Waals surface area (Å²) in [7, 11) is 0. The Bertz CT molecular complexity index is 319. The lowest BCUT2D eigenvalue weighted by Gasteiger charge is -2.28. The molecule has 0 aromatic heterocycles. The number of hydrogen-bond acceptors (Lipinski definition) is 3. The molecule has 0 radical (unpaired) electrons. The lowest BCUT2D eigenvalue weighted by atomic mass is 9.87. The summed E-state index contributed by atoms with van der Waals surface area (Å²) < 4.78 is 5.24. The summed E-state index contributed by atoms with van der Waals surface area (Å²) in [5, 5.41) is 14.4. The molecule has 1 heterocycles. The Hall–Kier alpha value is -1.30. The molecule has 1 fully saturated rings. The first-order valence-corrected chi connectivity index (χ1v) is 6.65. The molecule has 0 aromatic rings. The number of carboxylic acids is 1. The fraction of sp³-hybridized carbons (Fsp3) is 0.846. The molecule has 0 spiro atoms. The zero-order chi connectivity index (χ0) is 14.5. The third kappa shape index (κ3) is 5.46. The van der Waals surface area contributed by atoms with Gasteiger partial charge in [-0.15, -0.1) is 0 Å². The van der Waals surface area contributed by atoms with Crippen molar-refractivity contribution in [3.63, 3.8) is 0 Å². The Morgan fingerprint density at radius 2 is 1.89 bits per heavy atom. The van der Waals surface area contributed by atoms with E-state index in [-0.39, 0.29) is 0 Å². The first kappa shape index (κ1) is 15.8. The SMILES string of the molecule is CC(C)(C)[C@@H](NC(=O)NCC1CCOCC1)C(=O)O. The molecule has 19 heavy (non-hydrogen) atoms. The van der Waals surface area contributed by atoms with Gasteiger partial charge in [-0.25, -0.2) is 9.59 Å². The van der Waals surface area contributed by atoms with Gasteiger partial charge in [0.1, 0.15) is 6.04 Å². The normalized spacial score (nSPS) is 18.7. The first-order valence-electron chi connectivity index (χ1n) is 6.65. The van der Waals surface area contributed by atoms with Crippen LogP contribution in [-0.4, -0.2) is 42.9 Å². The molecule has 110 valence electrons. The summed E-state index contributed by atoms with van der Waals surface area (Å²) in [5.41, 5.74) is -0.526. The summed E-state index contributed by atoms with van der Waals surface area (Å²) in [6.07, 6.45) is 1.86. The number of rotatable bonds is 4. The van der Waals surface area contributed by atoms with Gasteiger partial charge in [0.05, 0.1) is 0 Å². The van der Waals surface area contributed by atoms with E-state index in [1.165, 1.54) is 0 Å². The van der Waals surface area contributed by atoms with Gasteiger partial charge in [-0.05, 0) is 24.2 Å². The third-order valence-corrected chi connectivity index (χ3v) is 3.28. The van der Waals surface area contributed by atoms with Gasteiger partial charge < -0.3 is 20.5 Å². The van der Waals surface area contributed by atoms with Crippen molar-refractivity contribution < 1.29 is 19.4 Å². The van der Waals surface area contributed by atoms with Gasteiger partial charge in [0.2, 0.25) is 0 Å². The van der Waals surface area contributed by atoms with Crippen molar-refractivity contribution in [3.05, 3.63) is 0 Å². The Kier molecular flexibility index (Phi) is 5.60. The zero-order valence-electron chi connectivity index (χ0n) is 11.9. The van der Waals surface area contributed by atoms with Crippen LogP contribution in [0.4, 0.5) is 4.79 Å². The Labute approximate surface area is 113 Å². The highest BCUT2D eigenvalue weighted by atomic mass is 16.5. The van der Waals surface area contributed by atoms with E-state index in [1.807, 2.05) is 0 Å². The summed E-state index contributed by atoms with van der Waals surface area (Å²) in [6.45, 7) is 7.37. The van der Waals surface area contributed by atoms with E-state index in [1.54, 1.807) is 20.8 Å². The summed E-state index contributed by atoms with van der Waals surface area (Å²) in [4.78, 5) is 22.9. The standard InChI is InChI=1S/C13H24N2O4/c1-13(2,3)10(11(16)17)15-12(18)14-8-9-4-6-19-7-5-9/h9-10H,4-8H2,1-3H3,(H,16,17)(H2,14,15,18)/t10-/m0/s1. The van der Waals surface area contributed by atoms with Crippen LogP contribution in [0.1, 0.15) is 33.6 Å². The smallest absolute Gasteiger partial charge is 0.326 e. The fourth-order valence-electron chi connectivity index (χ4n) is 2.02. The number of carbonyl (C=O) groups is 2. The van der Waals surface area contributed by atoms with Gasteiger partial charge in [-0.3, -0.25) is 0 Å². The van der Waals surface area contributed by atoms with E-state index in [2.05, 4.69) is 10.6 Å². The van der Waals surface area contributed by atoms with E-state index < -0.39 is 23.5 Å². The van der Waals surface area contributed by atoms with Gasteiger partial charge in [0.15, 0.2) is 0 Å². The second-order valence-corrected chi connectivity index (χ2v) is 6.05. The number of amides is 2. The fourth-order valence-corrected chi connectivity index (χ4v) is 2.02. The maximum absolute atomic E-state index is 11.7. The minimum atomic E-state index is -1.02. The van der Waals surface area contributed by atoms with Crippen LogP contribution in [0.5, 0.6) is 0 Å². The zero-order valence-corrected chi connectivity index (χ0v) is 11.9. The molecule has 0 bridgehead atoms. The number of aliphatic carboxylic acids is 1. The molecule has 1 atom stereocenters. The highest BCUT2D eigenvalue weighted by Gasteiger charge is 2.32. The largest absolute Gasteiger partial charge is 0.480 e. The second kappa shape index (κ2) is 6.75. The average Bonchev–Trinajstić information content (AvgIpc) is 2.33. The van der Waals surface area contributed by atoms with Gasteiger partial charge >= 0.3 is 12.0 Å². The van der Waals surface area contributed by atoms with Crippen molar-refractivity contribution in [2.45, 2.75) is 39.7 Å². The van der Waals surface area contributed by atoms with Crippen molar-refractivity contribution in [3.8, 4) is 0 Å². The first-order chi connectivity index (χ1) is 8.80. The molecule has 6 heteroatoms. The van der Waals surface area contributed by atoms with Crippen LogP contribution in [0.15, 0.2) is 0 Å². The van der Waals surface area contributed by atoms with Gasteiger partial charge in [-0.2, -0.15) is 0 Å². The summed E-state index contributed by atoms with van der Waals surface area (Å²) >= 11 is 0. The van der Waals surface area contributed by atoms with Crippen LogP contribution in [0.25, 0.3) is 0 Å². The van der Waals surface area contributed by atoms with Crippen molar-refractivity contribution in [1.29, 1.82) is 0 Å². The minimum absolute atomic E-state index is 0.414. The number of carboxylic acid groups (broad SMARTS) is 1. The molecule has 6 nitrogen and oxygen atoms in total. The lowest BCUT2D eigenvalue weighted by molar-refractivity contribution is -0.141. The molecule has 1 aliphatic rings. The minimum Gasteiger partial charge on any atom is -0.480 e. The van der Waals surface area contributed by atoms with E-state index >= 15 is 0 Å². The highest BCUT2D eigenvalue weighted by Crippen LogP contribution is 2.19. The van der Waals surface area contributed by atoms with Crippen molar-refractivity contribution >= 4 is 12.0 Å². The Morgan fingerprint density at radius 3 is 2.37 bits per heavy atom. The topological polar surface area (TPSA) is 87.7 Å². The van der Waals surface area contributed by atoms with Gasteiger partial charge in [0, 0.05) is 19.8 Å². The van der Waals surface area contributed by atoms with Crippen molar-refractivity contribution in [1.82, 2.24) is 10.6 Å². The maximum Gasteiger partial charge on any atom is 0.326 e. The maximum atomic E-state index is 11.7. The summed E-state index contributed by atoms with van der Waals surface area (Å²) in [6, 6.07) is -1.32. The van der Waals surface area contributed by atoms with Gasteiger partial charge in [-0.1, -0.05) is 20.8 Å². The van der Waals surface area contributed by atoms with Crippen LogP contribution < -0.4 is 10.6 Å². The van der Waals surface area contributed by atoms with E-state index in [9.17, 15) is 9.59 Å². The predicted molar refractivity (Wildman–Crippen MR) is 71.0 cm³/mol. The van der Waals surface area contributed by atoms with Crippen LogP contribution in [0.3, 0.4) is 0 Å². The third-order valence-electron chi connectivity index (χ3n) is 3.28. The van der Waals surface area contributed by atoms with E-state index in [0.29, 0.717) is 12.5 Å². The highest BCUT2D eigenvalue weighted by molar-refractivity contribution is 5.83. The molecule has 3 N–H and O–H groups in total. The monoisotopic (exact) mass is 272 g/mol. The number of nitrogens with one attached hydrogen (secondary N) is 2. The molecule has 0 aromatic carbocycles. The van der Waals surface area contributed by atoms with Crippen LogP contribution in [0.2, 0.25) is 0 Å². The quantitative estimate of drug-likeness (QED) is 0.718. The van der Waals surface area contributed by atoms with Crippen LogP contribution >= 0.6 is 0 Å². The number of urea groups is 1. The van der Waals surface area contributed by atoms with E-state index in [0.717, 1.165) is 26.1 Å². The Balaban J connectivity index is 2.38. The molecule has 1 aliphatic heterocycles. The number of carbonyl (C=O) groups excluding carboxylic acids is 1. The number of hydrogen-bond donors (Lipinski definition) is 3. The average molecular weight is 272 g/mol. The predicted octanol–water partition coefficient (Wildman–Crippen LogP) is 1.21. The van der Waals surface area contributed by atoms with Crippen LogP contribution in [0, 0.1) is 11.3 Å². The summed E-state index contributed by atoms with van der Waals surface area (Å²) in [5.74, 6) is -0.605. The van der Waals surface area contributed by atoms with Crippen molar-refractivity contribution in [2.24, 2.45) is 11.3 Å². The second-order valence-electron chi connectivity index (χ2n) is 6.05. The van der Waals surface area contributed by atoms with Gasteiger partial charge in [0.25, 0.3) is 0 Å². The molecule has 0 unspecified atom stereocenters.